The normalized spacial score (nSPS) is 21.2. The summed E-state index contributed by atoms with van der Waals surface area (Å²) in [6.45, 7) is 2.38. The quantitative estimate of drug-likeness (QED) is 0.795. The standard InChI is InChI=1S/C24H29N3O2/c28-22(26-17-21-13-7-15-25-21)18-27-16-8-14-24(23(27)29,19-9-3-1-4-10-19)20-11-5-2-6-12-20/h1-6,9-12,21,25H,7-8,13-18H2,(H,26,28)/t21-/m0/s1. The maximum absolute atomic E-state index is 13.8. The number of rotatable bonds is 6. The summed E-state index contributed by atoms with van der Waals surface area (Å²) in [6.07, 6.45) is 3.87. The van der Waals surface area contributed by atoms with E-state index in [-0.39, 0.29) is 18.4 Å². The molecule has 4 rings (SSSR count). The zero-order valence-electron chi connectivity index (χ0n) is 16.8. The van der Waals surface area contributed by atoms with Crippen LogP contribution in [0.4, 0.5) is 0 Å². The van der Waals surface area contributed by atoms with E-state index in [2.05, 4.69) is 10.6 Å². The number of hydrogen-bond donors (Lipinski definition) is 2. The Labute approximate surface area is 172 Å². The first-order valence-electron chi connectivity index (χ1n) is 10.6. The van der Waals surface area contributed by atoms with Gasteiger partial charge in [0.1, 0.15) is 0 Å². The summed E-state index contributed by atoms with van der Waals surface area (Å²) in [5.74, 6) is -0.0562. The fourth-order valence-corrected chi connectivity index (χ4v) is 4.71. The molecule has 2 aromatic carbocycles. The number of likely N-dealkylation sites (tertiary alicyclic amines) is 1. The number of carbonyl (C=O) groups is 2. The van der Waals surface area contributed by atoms with Crippen LogP contribution in [0, 0.1) is 0 Å². The molecule has 0 saturated carbocycles. The summed E-state index contributed by atoms with van der Waals surface area (Å²) in [4.78, 5) is 28.1. The molecule has 5 heteroatoms. The van der Waals surface area contributed by atoms with Crippen LogP contribution < -0.4 is 10.6 Å². The molecule has 2 N–H and O–H groups in total. The van der Waals surface area contributed by atoms with Gasteiger partial charge in [-0.2, -0.15) is 0 Å². The Kier molecular flexibility index (Phi) is 5.95. The van der Waals surface area contributed by atoms with Crippen molar-refractivity contribution in [1.29, 1.82) is 0 Å². The van der Waals surface area contributed by atoms with Crippen molar-refractivity contribution in [3.05, 3.63) is 71.8 Å². The summed E-state index contributed by atoms with van der Waals surface area (Å²) >= 11 is 0. The molecular formula is C24H29N3O2. The van der Waals surface area contributed by atoms with Gasteiger partial charge in [0.25, 0.3) is 0 Å². The van der Waals surface area contributed by atoms with Gasteiger partial charge in [0.15, 0.2) is 0 Å². The minimum atomic E-state index is -0.728. The zero-order chi connectivity index (χ0) is 20.1. The molecule has 2 aliphatic heterocycles. The summed E-state index contributed by atoms with van der Waals surface area (Å²) in [6, 6.07) is 20.3. The van der Waals surface area contributed by atoms with Crippen molar-refractivity contribution in [3.63, 3.8) is 0 Å². The van der Waals surface area contributed by atoms with Gasteiger partial charge in [-0.05, 0) is 43.4 Å². The molecule has 152 valence electrons. The predicted molar refractivity (Wildman–Crippen MR) is 114 cm³/mol. The van der Waals surface area contributed by atoms with Crippen LogP contribution in [0.15, 0.2) is 60.7 Å². The van der Waals surface area contributed by atoms with E-state index >= 15 is 0 Å². The van der Waals surface area contributed by atoms with Gasteiger partial charge >= 0.3 is 0 Å². The smallest absolute Gasteiger partial charge is 0.239 e. The molecule has 2 saturated heterocycles. The summed E-state index contributed by atoms with van der Waals surface area (Å²) < 4.78 is 0. The molecule has 0 aromatic heterocycles. The number of amides is 2. The van der Waals surface area contributed by atoms with Crippen LogP contribution >= 0.6 is 0 Å². The molecule has 2 amide bonds. The topological polar surface area (TPSA) is 61.4 Å². The number of benzene rings is 2. The van der Waals surface area contributed by atoms with Gasteiger partial charge in [-0.1, -0.05) is 60.7 Å². The molecule has 2 aromatic rings. The maximum Gasteiger partial charge on any atom is 0.239 e. The van der Waals surface area contributed by atoms with Gasteiger partial charge < -0.3 is 15.5 Å². The van der Waals surface area contributed by atoms with Gasteiger partial charge in [0.2, 0.25) is 11.8 Å². The number of nitrogens with zero attached hydrogens (tertiary/aromatic N) is 1. The second-order valence-corrected chi connectivity index (χ2v) is 8.06. The van der Waals surface area contributed by atoms with Crippen molar-refractivity contribution < 1.29 is 9.59 Å². The van der Waals surface area contributed by atoms with Crippen LogP contribution in [0.2, 0.25) is 0 Å². The molecular weight excluding hydrogens is 362 g/mol. The summed E-state index contributed by atoms with van der Waals surface area (Å²) in [5.41, 5.74) is 1.27. The first-order valence-corrected chi connectivity index (χ1v) is 10.6. The Morgan fingerprint density at radius 1 is 1.03 bits per heavy atom. The highest BCUT2D eigenvalue weighted by atomic mass is 16.2. The first-order chi connectivity index (χ1) is 14.2. The van der Waals surface area contributed by atoms with Gasteiger partial charge in [-0.15, -0.1) is 0 Å². The van der Waals surface area contributed by atoms with Crippen LogP contribution in [0.5, 0.6) is 0 Å². The second-order valence-electron chi connectivity index (χ2n) is 8.06. The van der Waals surface area contributed by atoms with Gasteiger partial charge in [-0.3, -0.25) is 9.59 Å². The minimum Gasteiger partial charge on any atom is -0.353 e. The molecule has 5 nitrogen and oxygen atoms in total. The molecule has 29 heavy (non-hydrogen) atoms. The monoisotopic (exact) mass is 391 g/mol. The fourth-order valence-electron chi connectivity index (χ4n) is 4.71. The van der Waals surface area contributed by atoms with E-state index in [0.29, 0.717) is 19.1 Å². The van der Waals surface area contributed by atoms with Crippen molar-refractivity contribution in [3.8, 4) is 0 Å². The number of carbonyl (C=O) groups excluding carboxylic acids is 2. The average Bonchev–Trinajstić information content (AvgIpc) is 3.29. The van der Waals surface area contributed by atoms with Gasteiger partial charge in [0, 0.05) is 19.1 Å². The summed E-state index contributed by atoms with van der Waals surface area (Å²) in [7, 11) is 0. The van der Waals surface area contributed by atoms with Gasteiger partial charge in [0.05, 0.1) is 12.0 Å². The van der Waals surface area contributed by atoms with Crippen molar-refractivity contribution in [2.75, 3.05) is 26.2 Å². The molecule has 0 spiro atoms. The van der Waals surface area contributed by atoms with Crippen molar-refractivity contribution in [2.45, 2.75) is 37.1 Å². The van der Waals surface area contributed by atoms with Crippen molar-refractivity contribution in [1.82, 2.24) is 15.5 Å². The highest BCUT2D eigenvalue weighted by molar-refractivity contribution is 5.95. The van der Waals surface area contributed by atoms with E-state index in [1.54, 1.807) is 4.90 Å². The number of nitrogens with one attached hydrogen (secondary N) is 2. The zero-order valence-corrected chi connectivity index (χ0v) is 16.8. The maximum atomic E-state index is 13.8. The van der Waals surface area contributed by atoms with E-state index in [1.807, 2.05) is 60.7 Å². The molecule has 2 aliphatic rings. The molecule has 2 fully saturated rings. The van der Waals surface area contributed by atoms with E-state index < -0.39 is 5.41 Å². The van der Waals surface area contributed by atoms with Crippen LogP contribution in [0.25, 0.3) is 0 Å². The lowest BCUT2D eigenvalue weighted by Crippen LogP contribution is -2.54. The highest BCUT2D eigenvalue weighted by Crippen LogP contribution is 2.41. The van der Waals surface area contributed by atoms with Crippen LogP contribution in [0.1, 0.15) is 36.8 Å². The van der Waals surface area contributed by atoms with Crippen LogP contribution in [-0.4, -0.2) is 48.9 Å². The lowest BCUT2D eigenvalue weighted by molar-refractivity contribution is -0.142. The third kappa shape index (κ3) is 4.06. The van der Waals surface area contributed by atoms with Crippen LogP contribution in [-0.2, 0) is 15.0 Å². The number of hydrogen-bond acceptors (Lipinski definition) is 3. The number of piperidine rings is 1. The molecule has 1 atom stereocenters. The molecule has 0 radical (unpaired) electrons. The Balaban J connectivity index is 1.55. The third-order valence-corrected chi connectivity index (χ3v) is 6.21. The molecule has 0 bridgehead atoms. The lowest BCUT2D eigenvalue weighted by Gasteiger charge is -2.42. The van der Waals surface area contributed by atoms with Crippen LogP contribution in [0.3, 0.4) is 0 Å². The SMILES string of the molecule is O=C(CN1CCCC(c2ccccc2)(c2ccccc2)C1=O)NC[C@@H]1CCCN1. The Morgan fingerprint density at radius 2 is 1.69 bits per heavy atom. The molecule has 2 heterocycles. The minimum absolute atomic E-state index is 0.0234. The fraction of sp³-hybridized carbons (Fsp3) is 0.417. The third-order valence-electron chi connectivity index (χ3n) is 6.21. The predicted octanol–water partition coefficient (Wildman–Crippen LogP) is 2.46. The van der Waals surface area contributed by atoms with Crippen molar-refractivity contribution in [2.24, 2.45) is 0 Å². The second kappa shape index (κ2) is 8.78. The Hall–Kier alpha value is -2.66. The average molecular weight is 392 g/mol. The van der Waals surface area contributed by atoms with Crippen molar-refractivity contribution >= 4 is 11.8 Å². The summed E-state index contributed by atoms with van der Waals surface area (Å²) in [5, 5.41) is 6.39. The molecule has 0 unspecified atom stereocenters. The Bertz CT molecular complexity index is 792. The van der Waals surface area contributed by atoms with Gasteiger partial charge in [-0.25, -0.2) is 0 Å². The van der Waals surface area contributed by atoms with E-state index in [9.17, 15) is 9.59 Å². The lowest BCUT2D eigenvalue weighted by atomic mass is 9.68. The Morgan fingerprint density at radius 3 is 2.28 bits per heavy atom. The largest absolute Gasteiger partial charge is 0.353 e. The molecule has 0 aliphatic carbocycles. The highest BCUT2D eigenvalue weighted by Gasteiger charge is 2.46. The first kappa shape index (κ1) is 19.6. The van der Waals surface area contributed by atoms with E-state index in [4.69, 9.17) is 0 Å². The van der Waals surface area contributed by atoms with E-state index in [1.165, 1.54) is 0 Å². The van der Waals surface area contributed by atoms with E-state index in [0.717, 1.165) is 43.4 Å².